The number of amides is 1. The van der Waals surface area contributed by atoms with Crippen molar-refractivity contribution in [2.75, 3.05) is 38.0 Å². The van der Waals surface area contributed by atoms with Crippen molar-refractivity contribution in [3.05, 3.63) is 45.9 Å². The van der Waals surface area contributed by atoms with Crippen LogP contribution in [0.1, 0.15) is 22.6 Å². The highest BCUT2D eigenvalue weighted by atomic mass is 32.1. The van der Waals surface area contributed by atoms with E-state index in [9.17, 15) is 4.79 Å². The summed E-state index contributed by atoms with van der Waals surface area (Å²) in [6, 6.07) is 6.11. The van der Waals surface area contributed by atoms with Gasteiger partial charge in [-0.15, -0.1) is 11.3 Å². The van der Waals surface area contributed by atoms with Gasteiger partial charge in [0.2, 0.25) is 5.91 Å². The molecule has 1 fully saturated rings. The molecular weight excluding hydrogens is 332 g/mol. The van der Waals surface area contributed by atoms with Gasteiger partial charge in [-0.1, -0.05) is 17.7 Å². The number of rotatable bonds is 5. The largest absolute Gasteiger partial charge is 0.325 e. The first-order valence-electron chi connectivity index (χ1n) is 8.80. The lowest BCUT2D eigenvalue weighted by Crippen LogP contribution is -2.36. The molecular formula is C19H26N4OS. The number of anilines is 1. The molecule has 1 amide bonds. The first-order valence-corrected chi connectivity index (χ1v) is 9.68. The van der Waals surface area contributed by atoms with Crippen LogP contribution >= 0.6 is 11.3 Å². The second-order valence-corrected chi connectivity index (χ2v) is 7.68. The lowest BCUT2D eigenvalue weighted by atomic mass is 10.1. The highest BCUT2D eigenvalue weighted by Gasteiger charge is 2.18. The number of hydrogen-bond donors (Lipinski definition) is 1. The van der Waals surface area contributed by atoms with Gasteiger partial charge in [-0.2, -0.15) is 0 Å². The average molecular weight is 359 g/mol. The van der Waals surface area contributed by atoms with Gasteiger partial charge in [-0.3, -0.25) is 14.6 Å². The molecule has 0 aliphatic carbocycles. The van der Waals surface area contributed by atoms with Crippen molar-refractivity contribution in [1.29, 1.82) is 0 Å². The van der Waals surface area contributed by atoms with Gasteiger partial charge in [0.05, 0.1) is 13.1 Å². The average Bonchev–Trinajstić information content (AvgIpc) is 2.98. The highest BCUT2D eigenvalue weighted by Crippen LogP contribution is 2.16. The summed E-state index contributed by atoms with van der Waals surface area (Å²) in [6.45, 7) is 9.41. The molecule has 1 N–H and O–H groups in total. The highest BCUT2D eigenvalue weighted by molar-refractivity contribution is 7.09. The molecule has 0 bridgehead atoms. The second-order valence-electron chi connectivity index (χ2n) is 6.70. The molecule has 25 heavy (non-hydrogen) atoms. The molecule has 0 saturated carbocycles. The molecule has 1 aliphatic heterocycles. The summed E-state index contributed by atoms with van der Waals surface area (Å²) in [5.41, 5.74) is 3.23. The topological polar surface area (TPSA) is 48.5 Å². The Kier molecular flexibility index (Phi) is 6.18. The van der Waals surface area contributed by atoms with Gasteiger partial charge < -0.3 is 5.32 Å². The quantitative estimate of drug-likeness (QED) is 0.893. The van der Waals surface area contributed by atoms with Crippen LogP contribution in [0.5, 0.6) is 0 Å². The van der Waals surface area contributed by atoms with Crippen LogP contribution in [0.2, 0.25) is 0 Å². The summed E-state index contributed by atoms with van der Waals surface area (Å²) >= 11 is 1.71. The third-order valence-corrected chi connectivity index (χ3v) is 5.31. The van der Waals surface area contributed by atoms with Crippen LogP contribution in [0.25, 0.3) is 0 Å². The van der Waals surface area contributed by atoms with Gasteiger partial charge in [-0.25, -0.2) is 4.98 Å². The minimum absolute atomic E-state index is 0.0697. The van der Waals surface area contributed by atoms with Crippen molar-refractivity contribution >= 4 is 22.9 Å². The number of aryl methyl sites for hydroxylation is 2. The minimum Gasteiger partial charge on any atom is -0.325 e. The van der Waals surface area contributed by atoms with Crippen molar-refractivity contribution in [2.45, 2.75) is 26.8 Å². The summed E-state index contributed by atoms with van der Waals surface area (Å²) in [5.74, 6) is 0.0697. The molecule has 5 nitrogen and oxygen atoms in total. The van der Waals surface area contributed by atoms with E-state index in [1.165, 1.54) is 10.6 Å². The van der Waals surface area contributed by atoms with Crippen molar-refractivity contribution in [1.82, 2.24) is 14.8 Å². The van der Waals surface area contributed by atoms with Gasteiger partial charge in [0.15, 0.2) is 0 Å². The molecule has 0 unspecified atom stereocenters. The second kappa shape index (κ2) is 8.56. The van der Waals surface area contributed by atoms with E-state index >= 15 is 0 Å². The van der Waals surface area contributed by atoms with E-state index in [1.807, 2.05) is 30.6 Å². The first kappa shape index (κ1) is 18.0. The zero-order valence-electron chi connectivity index (χ0n) is 15.0. The summed E-state index contributed by atoms with van der Waals surface area (Å²) in [4.78, 5) is 21.4. The smallest absolute Gasteiger partial charge is 0.238 e. The molecule has 2 aromatic rings. The van der Waals surface area contributed by atoms with E-state index < -0.39 is 0 Å². The standard InChI is InChI=1S/C19H26N4OS/c1-15-4-5-17(16(2)12-15)21-18(24)13-22-7-3-8-23(10-9-22)14-19-20-6-11-25-19/h4-6,11-12H,3,7-10,13-14H2,1-2H3,(H,21,24). The summed E-state index contributed by atoms with van der Waals surface area (Å²) in [6.07, 6.45) is 2.95. The molecule has 1 saturated heterocycles. The third-order valence-electron chi connectivity index (χ3n) is 4.55. The van der Waals surface area contributed by atoms with Crippen LogP contribution in [-0.2, 0) is 11.3 Å². The van der Waals surface area contributed by atoms with Gasteiger partial charge >= 0.3 is 0 Å². The van der Waals surface area contributed by atoms with Gasteiger partial charge in [0.1, 0.15) is 5.01 Å². The number of carbonyl (C=O) groups excluding carboxylic acids is 1. The molecule has 1 aromatic carbocycles. The van der Waals surface area contributed by atoms with E-state index in [-0.39, 0.29) is 5.91 Å². The van der Waals surface area contributed by atoms with Gasteiger partial charge in [0.25, 0.3) is 0 Å². The Bertz CT molecular complexity index is 701. The van der Waals surface area contributed by atoms with E-state index in [0.29, 0.717) is 6.54 Å². The van der Waals surface area contributed by atoms with Crippen molar-refractivity contribution in [3.8, 4) is 0 Å². The predicted molar refractivity (Wildman–Crippen MR) is 103 cm³/mol. The lowest BCUT2D eigenvalue weighted by Gasteiger charge is -2.21. The summed E-state index contributed by atoms with van der Waals surface area (Å²) < 4.78 is 0. The van der Waals surface area contributed by atoms with Crippen LogP contribution in [0.15, 0.2) is 29.8 Å². The van der Waals surface area contributed by atoms with Crippen LogP contribution in [0.3, 0.4) is 0 Å². The minimum atomic E-state index is 0.0697. The van der Waals surface area contributed by atoms with Crippen LogP contribution in [-0.4, -0.2) is 53.4 Å². The maximum atomic E-state index is 12.4. The Morgan fingerprint density at radius 3 is 2.76 bits per heavy atom. The maximum Gasteiger partial charge on any atom is 0.238 e. The molecule has 0 radical (unpaired) electrons. The monoisotopic (exact) mass is 358 g/mol. The summed E-state index contributed by atoms with van der Waals surface area (Å²) in [7, 11) is 0. The van der Waals surface area contributed by atoms with Crippen LogP contribution in [0, 0.1) is 13.8 Å². The Morgan fingerprint density at radius 2 is 2.00 bits per heavy atom. The Hall–Kier alpha value is -1.76. The number of aromatic nitrogens is 1. The Labute approximate surface area is 153 Å². The Balaban J connectivity index is 1.48. The fourth-order valence-electron chi connectivity index (χ4n) is 3.21. The third kappa shape index (κ3) is 5.36. The van der Waals surface area contributed by atoms with E-state index in [0.717, 1.165) is 50.4 Å². The van der Waals surface area contributed by atoms with Crippen molar-refractivity contribution in [2.24, 2.45) is 0 Å². The fraction of sp³-hybridized carbons (Fsp3) is 0.474. The predicted octanol–water partition coefficient (Wildman–Crippen LogP) is 2.91. The molecule has 0 atom stereocenters. The van der Waals surface area contributed by atoms with Gasteiger partial charge in [-0.05, 0) is 45.0 Å². The molecule has 6 heteroatoms. The fourth-order valence-corrected chi connectivity index (χ4v) is 3.87. The molecule has 1 aliphatic rings. The first-order chi connectivity index (χ1) is 12.1. The molecule has 134 valence electrons. The zero-order valence-corrected chi connectivity index (χ0v) is 15.8. The number of nitrogens with zero attached hydrogens (tertiary/aromatic N) is 3. The maximum absolute atomic E-state index is 12.4. The number of carbonyl (C=O) groups is 1. The van der Waals surface area contributed by atoms with Gasteiger partial charge in [0, 0.05) is 30.4 Å². The number of benzene rings is 1. The normalized spacial score (nSPS) is 16.6. The number of thiazole rings is 1. The molecule has 0 spiro atoms. The van der Waals surface area contributed by atoms with E-state index in [1.54, 1.807) is 11.3 Å². The molecule has 1 aromatic heterocycles. The Morgan fingerprint density at radius 1 is 1.20 bits per heavy atom. The zero-order chi connectivity index (χ0) is 17.6. The van der Waals surface area contributed by atoms with E-state index in [2.05, 4.69) is 33.1 Å². The number of nitrogens with one attached hydrogen (secondary N) is 1. The van der Waals surface area contributed by atoms with E-state index in [4.69, 9.17) is 0 Å². The molecule has 3 rings (SSSR count). The van der Waals surface area contributed by atoms with Crippen LogP contribution < -0.4 is 5.32 Å². The van der Waals surface area contributed by atoms with Crippen molar-refractivity contribution < 1.29 is 4.79 Å². The number of hydrogen-bond acceptors (Lipinski definition) is 5. The SMILES string of the molecule is Cc1ccc(NC(=O)CN2CCCN(Cc3nccs3)CC2)c(C)c1. The molecule has 2 heterocycles. The van der Waals surface area contributed by atoms with Crippen molar-refractivity contribution in [3.63, 3.8) is 0 Å². The van der Waals surface area contributed by atoms with Crippen LogP contribution in [0.4, 0.5) is 5.69 Å². The lowest BCUT2D eigenvalue weighted by molar-refractivity contribution is -0.117. The summed E-state index contributed by atoms with van der Waals surface area (Å²) in [5, 5.41) is 6.24.